The van der Waals surface area contributed by atoms with Crippen LogP contribution in [0.25, 0.3) is 10.9 Å². The van der Waals surface area contributed by atoms with Crippen LogP contribution in [0.3, 0.4) is 0 Å². The van der Waals surface area contributed by atoms with Crippen molar-refractivity contribution in [3.8, 4) is 0 Å². The Hall–Kier alpha value is -1.39. The third kappa shape index (κ3) is 3.27. The summed E-state index contributed by atoms with van der Waals surface area (Å²) in [4.78, 5) is 2.54. The van der Waals surface area contributed by atoms with E-state index in [4.69, 9.17) is 5.10 Å². The van der Waals surface area contributed by atoms with E-state index in [0.717, 1.165) is 13.1 Å². The zero-order valence-electron chi connectivity index (χ0n) is 13.2. The van der Waals surface area contributed by atoms with Crippen LogP contribution < -0.4 is 5.32 Å². The van der Waals surface area contributed by atoms with Crippen LogP contribution in [0.15, 0.2) is 24.3 Å². The third-order valence-corrected chi connectivity index (χ3v) is 4.48. The first kappa shape index (κ1) is 14.5. The number of piperidine rings is 1. The number of aryl methyl sites for hydroxylation is 1. The normalized spacial score (nSPS) is 17.6. The van der Waals surface area contributed by atoms with E-state index in [1.807, 2.05) is 11.7 Å². The fourth-order valence-electron chi connectivity index (χ4n) is 3.26. The zero-order valence-corrected chi connectivity index (χ0v) is 13.2. The molecule has 0 saturated carbocycles. The lowest BCUT2D eigenvalue weighted by molar-refractivity contribution is 0.189. The minimum Gasteiger partial charge on any atom is -0.314 e. The SMILES string of the molecule is CCCNC1CCN(Cc2nn(C)c3ccccc23)CC1. The third-order valence-electron chi connectivity index (χ3n) is 4.48. The lowest BCUT2D eigenvalue weighted by Gasteiger charge is -2.32. The summed E-state index contributed by atoms with van der Waals surface area (Å²) in [5, 5.41) is 9.65. The number of likely N-dealkylation sites (tertiary alicyclic amines) is 1. The van der Waals surface area contributed by atoms with Gasteiger partial charge in [0.15, 0.2) is 0 Å². The Morgan fingerprint density at radius 1 is 1.24 bits per heavy atom. The van der Waals surface area contributed by atoms with E-state index in [1.165, 1.54) is 48.9 Å². The van der Waals surface area contributed by atoms with Crippen LogP contribution in [0.2, 0.25) is 0 Å². The van der Waals surface area contributed by atoms with Gasteiger partial charge in [0.1, 0.15) is 0 Å². The van der Waals surface area contributed by atoms with Gasteiger partial charge in [0, 0.05) is 38.1 Å². The molecule has 114 valence electrons. The number of aromatic nitrogens is 2. The fourth-order valence-corrected chi connectivity index (χ4v) is 3.26. The monoisotopic (exact) mass is 286 g/mol. The molecule has 0 aliphatic carbocycles. The zero-order chi connectivity index (χ0) is 14.7. The maximum absolute atomic E-state index is 4.71. The van der Waals surface area contributed by atoms with Crippen LogP contribution in [0, 0.1) is 0 Å². The van der Waals surface area contributed by atoms with Crippen LogP contribution in [0.1, 0.15) is 31.9 Å². The highest BCUT2D eigenvalue weighted by molar-refractivity contribution is 5.81. The first-order chi connectivity index (χ1) is 10.3. The van der Waals surface area contributed by atoms with E-state index in [9.17, 15) is 0 Å². The van der Waals surface area contributed by atoms with E-state index in [-0.39, 0.29) is 0 Å². The molecule has 1 fully saturated rings. The van der Waals surface area contributed by atoms with Gasteiger partial charge < -0.3 is 5.32 Å². The molecule has 2 aromatic rings. The summed E-state index contributed by atoms with van der Waals surface area (Å²) in [6, 6.07) is 9.23. The number of fused-ring (bicyclic) bond motifs is 1. The summed E-state index contributed by atoms with van der Waals surface area (Å²) in [6.07, 6.45) is 3.73. The van der Waals surface area contributed by atoms with Crippen molar-refractivity contribution < 1.29 is 0 Å². The molecular weight excluding hydrogens is 260 g/mol. The van der Waals surface area contributed by atoms with Gasteiger partial charge in [0.25, 0.3) is 0 Å². The van der Waals surface area contributed by atoms with Crippen LogP contribution in [0.4, 0.5) is 0 Å². The molecule has 1 aromatic heterocycles. The Bertz CT molecular complexity index is 581. The summed E-state index contributed by atoms with van der Waals surface area (Å²) in [7, 11) is 2.03. The second-order valence-electron chi connectivity index (χ2n) is 6.09. The van der Waals surface area contributed by atoms with Crippen molar-refractivity contribution >= 4 is 10.9 Å². The minimum atomic E-state index is 0.710. The van der Waals surface area contributed by atoms with E-state index in [2.05, 4.69) is 41.4 Å². The Kier molecular flexibility index (Phi) is 4.56. The molecule has 0 bridgehead atoms. The van der Waals surface area contributed by atoms with E-state index >= 15 is 0 Å². The number of nitrogens with one attached hydrogen (secondary N) is 1. The Morgan fingerprint density at radius 3 is 2.76 bits per heavy atom. The molecule has 1 saturated heterocycles. The van der Waals surface area contributed by atoms with Gasteiger partial charge >= 0.3 is 0 Å². The molecule has 0 spiro atoms. The van der Waals surface area contributed by atoms with Gasteiger partial charge in [-0.05, 0) is 31.9 Å². The van der Waals surface area contributed by atoms with Crippen molar-refractivity contribution in [3.63, 3.8) is 0 Å². The molecule has 21 heavy (non-hydrogen) atoms. The van der Waals surface area contributed by atoms with Crippen LogP contribution in [-0.4, -0.2) is 40.4 Å². The highest BCUT2D eigenvalue weighted by atomic mass is 15.3. The summed E-state index contributed by atoms with van der Waals surface area (Å²) >= 11 is 0. The van der Waals surface area contributed by atoms with Gasteiger partial charge in [-0.25, -0.2) is 0 Å². The molecule has 2 heterocycles. The molecule has 1 aromatic carbocycles. The lowest BCUT2D eigenvalue weighted by atomic mass is 10.0. The van der Waals surface area contributed by atoms with Crippen LogP contribution in [0.5, 0.6) is 0 Å². The molecule has 0 atom stereocenters. The second kappa shape index (κ2) is 6.58. The number of benzene rings is 1. The molecular formula is C17H26N4. The Balaban J connectivity index is 1.62. The maximum Gasteiger partial charge on any atom is 0.0843 e. The van der Waals surface area contributed by atoms with Gasteiger partial charge in [-0.15, -0.1) is 0 Å². The van der Waals surface area contributed by atoms with Crippen molar-refractivity contribution in [2.75, 3.05) is 19.6 Å². The minimum absolute atomic E-state index is 0.710. The number of nitrogens with zero attached hydrogens (tertiary/aromatic N) is 3. The largest absolute Gasteiger partial charge is 0.314 e. The first-order valence-corrected chi connectivity index (χ1v) is 8.14. The molecule has 4 nitrogen and oxygen atoms in total. The summed E-state index contributed by atoms with van der Waals surface area (Å²) in [5.74, 6) is 0. The van der Waals surface area contributed by atoms with Crippen molar-refractivity contribution in [1.82, 2.24) is 20.0 Å². The molecule has 0 unspecified atom stereocenters. The molecule has 1 aliphatic heterocycles. The second-order valence-corrected chi connectivity index (χ2v) is 6.09. The van der Waals surface area contributed by atoms with Crippen molar-refractivity contribution in [1.29, 1.82) is 0 Å². The summed E-state index contributed by atoms with van der Waals surface area (Å²) in [5.41, 5.74) is 2.44. The topological polar surface area (TPSA) is 33.1 Å². The molecule has 0 amide bonds. The average molecular weight is 286 g/mol. The van der Waals surface area contributed by atoms with E-state index < -0.39 is 0 Å². The quantitative estimate of drug-likeness (QED) is 0.917. The van der Waals surface area contributed by atoms with Gasteiger partial charge in [-0.1, -0.05) is 25.1 Å². The first-order valence-electron chi connectivity index (χ1n) is 8.14. The molecule has 1 N–H and O–H groups in total. The number of hydrogen-bond acceptors (Lipinski definition) is 3. The predicted octanol–water partition coefficient (Wildman–Crippen LogP) is 2.54. The van der Waals surface area contributed by atoms with E-state index in [1.54, 1.807) is 0 Å². The Morgan fingerprint density at radius 2 is 2.00 bits per heavy atom. The number of para-hydroxylation sites is 1. The summed E-state index contributed by atoms with van der Waals surface area (Å²) in [6.45, 7) is 6.70. The Labute approximate surface area is 127 Å². The smallest absolute Gasteiger partial charge is 0.0843 e. The molecule has 4 heteroatoms. The number of rotatable bonds is 5. The number of hydrogen-bond donors (Lipinski definition) is 1. The van der Waals surface area contributed by atoms with Gasteiger partial charge in [0.05, 0.1) is 11.2 Å². The fraction of sp³-hybridized carbons (Fsp3) is 0.588. The van der Waals surface area contributed by atoms with Crippen LogP contribution >= 0.6 is 0 Å². The van der Waals surface area contributed by atoms with E-state index in [0.29, 0.717) is 6.04 Å². The van der Waals surface area contributed by atoms with Crippen molar-refractivity contribution in [2.45, 2.75) is 38.8 Å². The highest BCUT2D eigenvalue weighted by Crippen LogP contribution is 2.20. The maximum atomic E-state index is 4.71. The highest BCUT2D eigenvalue weighted by Gasteiger charge is 2.20. The molecule has 0 radical (unpaired) electrons. The van der Waals surface area contributed by atoms with Gasteiger partial charge in [0.2, 0.25) is 0 Å². The van der Waals surface area contributed by atoms with Crippen molar-refractivity contribution in [3.05, 3.63) is 30.0 Å². The van der Waals surface area contributed by atoms with Gasteiger partial charge in [-0.3, -0.25) is 9.58 Å². The average Bonchev–Trinajstić information content (AvgIpc) is 2.83. The lowest BCUT2D eigenvalue weighted by Crippen LogP contribution is -2.42. The standard InChI is InChI=1S/C17H26N4/c1-3-10-18-14-8-11-21(12-9-14)13-16-15-6-4-5-7-17(15)20(2)19-16/h4-7,14,18H,3,8-13H2,1-2H3. The molecule has 1 aliphatic rings. The van der Waals surface area contributed by atoms with Gasteiger partial charge in [-0.2, -0.15) is 5.10 Å². The van der Waals surface area contributed by atoms with Crippen molar-refractivity contribution in [2.24, 2.45) is 7.05 Å². The van der Waals surface area contributed by atoms with Crippen LogP contribution in [-0.2, 0) is 13.6 Å². The molecule has 3 rings (SSSR count). The predicted molar refractivity (Wildman–Crippen MR) is 87.3 cm³/mol. The summed E-state index contributed by atoms with van der Waals surface area (Å²) < 4.78 is 2.00.